The molecule has 4 rings (SSSR count). The summed E-state index contributed by atoms with van der Waals surface area (Å²) in [7, 11) is 2.89. The zero-order valence-corrected chi connectivity index (χ0v) is 20.3. The molecule has 0 bridgehead atoms. The normalized spacial score (nSPS) is 19.3. The van der Waals surface area contributed by atoms with Gasteiger partial charge in [-0.05, 0) is 29.5 Å². The second-order valence-corrected chi connectivity index (χ2v) is 9.02. The first-order chi connectivity index (χ1) is 17.0. The van der Waals surface area contributed by atoms with Crippen molar-refractivity contribution < 1.29 is 28.7 Å². The fourth-order valence-corrected chi connectivity index (χ4v) is 5.12. The summed E-state index contributed by atoms with van der Waals surface area (Å²) < 4.78 is 10.0. The topological polar surface area (TPSA) is 85.4 Å². The summed E-state index contributed by atoms with van der Waals surface area (Å²) in [5.74, 6) is -1.26. The van der Waals surface area contributed by atoms with Gasteiger partial charge < -0.3 is 14.4 Å². The lowest BCUT2D eigenvalue weighted by molar-refractivity contribution is -0.226. The van der Waals surface area contributed by atoms with Crippen molar-refractivity contribution in [3.05, 3.63) is 60.2 Å². The molecular weight excluding hydrogens is 448 g/mol. The molecule has 0 radical (unpaired) electrons. The molecule has 2 amide bonds. The number of benzene rings is 2. The van der Waals surface area contributed by atoms with E-state index in [0.29, 0.717) is 39.0 Å². The molecule has 0 aliphatic carbocycles. The highest BCUT2D eigenvalue weighted by atomic mass is 16.7. The molecule has 2 aromatic rings. The van der Waals surface area contributed by atoms with E-state index >= 15 is 0 Å². The van der Waals surface area contributed by atoms with Gasteiger partial charge in [-0.15, -0.1) is 0 Å². The van der Waals surface area contributed by atoms with E-state index in [2.05, 4.69) is 12.1 Å². The van der Waals surface area contributed by atoms with Gasteiger partial charge in [0.2, 0.25) is 11.8 Å². The molecular formula is C27H32N2O6. The number of carbonyl (C=O) groups is 3. The molecule has 2 heterocycles. The monoisotopic (exact) mass is 480 g/mol. The van der Waals surface area contributed by atoms with E-state index in [1.165, 1.54) is 12.2 Å². The van der Waals surface area contributed by atoms with Gasteiger partial charge in [0.05, 0.1) is 38.2 Å². The van der Waals surface area contributed by atoms with Crippen LogP contribution in [-0.2, 0) is 35.1 Å². The summed E-state index contributed by atoms with van der Waals surface area (Å²) in [4.78, 5) is 45.9. The van der Waals surface area contributed by atoms with Gasteiger partial charge in [-0.1, -0.05) is 54.6 Å². The summed E-state index contributed by atoms with van der Waals surface area (Å²) in [6.45, 7) is 1.41. The Balaban J connectivity index is 1.41. The average molecular weight is 481 g/mol. The van der Waals surface area contributed by atoms with Crippen molar-refractivity contribution in [1.29, 1.82) is 0 Å². The number of esters is 1. The van der Waals surface area contributed by atoms with Gasteiger partial charge in [0.1, 0.15) is 0 Å². The molecule has 0 N–H and O–H groups in total. The van der Waals surface area contributed by atoms with Crippen molar-refractivity contribution in [3.8, 4) is 11.1 Å². The Morgan fingerprint density at radius 2 is 1.60 bits per heavy atom. The molecule has 0 aromatic heterocycles. The molecule has 2 aliphatic heterocycles. The second kappa shape index (κ2) is 11.0. The number of methoxy groups -OCH3 is 2. The van der Waals surface area contributed by atoms with Crippen molar-refractivity contribution in [2.45, 2.75) is 31.2 Å². The Hall–Kier alpha value is -3.23. The van der Waals surface area contributed by atoms with Gasteiger partial charge in [0.15, 0.2) is 0 Å². The standard InChI is InChI=1S/C27H32N2O6/c1-33-16-17-35-29-25(31)19-23(26(32)34-2)27(29)12-14-28(15-13-27)24(30)18-20-8-10-22(11-9-20)21-6-4-3-5-7-21/h3-11,23H,12-19H2,1-2H3/t23-/m0/s1. The first-order valence-corrected chi connectivity index (χ1v) is 11.9. The van der Waals surface area contributed by atoms with Gasteiger partial charge in [-0.25, -0.2) is 5.06 Å². The van der Waals surface area contributed by atoms with E-state index in [4.69, 9.17) is 14.3 Å². The SMILES string of the molecule is COCCON1C(=O)C[C@@H](C(=O)OC)C12CCN(C(=O)Cc1ccc(-c3ccccc3)cc1)CC2. The molecule has 0 unspecified atom stereocenters. The maximum atomic E-state index is 13.1. The van der Waals surface area contributed by atoms with E-state index in [0.717, 1.165) is 16.7 Å². The summed E-state index contributed by atoms with van der Waals surface area (Å²) in [5.41, 5.74) is 2.37. The molecule has 1 atom stereocenters. The predicted molar refractivity (Wildman–Crippen MR) is 129 cm³/mol. The minimum Gasteiger partial charge on any atom is -0.469 e. The fraction of sp³-hybridized carbons (Fsp3) is 0.444. The number of amides is 2. The number of hydroxylamine groups is 2. The van der Waals surface area contributed by atoms with Crippen LogP contribution in [0.15, 0.2) is 54.6 Å². The minimum absolute atomic E-state index is 0.0260. The highest BCUT2D eigenvalue weighted by Gasteiger charge is 2.58. The van der Waals surface area contributed by atoms with Gasteiger partial charge in [0, 0.05) is 26.6 Å². The van der Waals surface area contributed by atoms with Crippen molar-refractivity contribution >= 4 is 17.8 Å². The highest BCUT2D eigenvalue weighted by Crippen LogP contribution is 2.44. The molecule has 1 spiro atoms. The number of ether oxygens (including phenoxy) is 2. The minimum atomic E-state index is -0.813. The molecule has 35 heavy (non-hydrogen) atoms. The van der Waals surface area contributed by atoms with Crippen molar-refractivity contribution in [3.63, 3.8) is 0 Å². The third-order valence-electron chi connectivity index (χ3n) is 7.05. The predicted octanol–water partition coefficient (Wildman–Crippen LogP) is 2.86. The number of carbonyl (C=O) groups excluding carboxylic acids is 3. The number of likely N-dealkylation sites (tertiary alicyclic amines) is 1. The van der Waals surface area contributed by atoms with Gasteiger partial charge in [-0.2, -0.15) is 0 Å². The lowest BCUT2D eigenvalue weighted by Gasteiger charge is -2.45. The smallest absolute Gasteiger partial charge is 0.311 e. The van der Waals surface area contributed by atoms with E-state index in [-0.39, 0.29) is 24.8 Å². The largest absolute Gasteiger partial charge is 0.469 e. The van der Waals surface area contributed by atoms with Crippen molar-refractivity contribution in [2.75, 3.05) is 40.5 Å². The van der Waals surface area contributed by atoms with Gasteiger partial charge in [0.25, 0.3) is 0 Å². The van der Waals surface area contributed by atoms with Crippen LogP contribution < -0.4 is 0 Å². The number of nitrogens with zero attached hydrogens (tertiary/aromatic N) is 2. The summed E-state index contributed by atoms with van der Waals surface area (Å²) in [6.07, 6.45) is 1.24. The molecule has 186 valence electrons. The summed E-state index contributed by atoms with van der Waals surface area (Å²) >= 11 is 0. The Morgan fingerprint density at radius 1 is 0.943 bits per heavy atom. The summed E-state index contributed by atoms with van der Waals surface area (Å²) in [6, 6.07) is 18.1. The van der Waals surface area contributed by atoms with E-state index in [9.17, 15) is 14.4 Å². The zero-order valence-electron chi connectivity index (χ0n) is 20.3. The Labute approximate surface area is 205 Å². The Morgan fingerprint density at radius 3 is 2.23 bits per heavy atom. The third-order valence-corrected chi connectivity index (χ3v) is 7.05. The Kier molecular flexibility index (Phi) is 7.83. The van der Waals surface area contributed by atoms with Crippen LogP contribution in [0.25, 0.3) is 11.1 Å². The third kappa shape index (κ3) is 5.23. The quantitative estimate of drug-likeness (QED) is 0.427. The average Bonchev–Trinajstić information content (AvgIpc) is 3.15. The molecule has 8 heteroatoms. The van der Waals surface area contributed by atoms with Crippen LogP contribution >= 0.6 is 0 Å². The number of rotatable bonds is 8. The maximum Gasteiger partial charge on any atom is 0.311 e. The second-order valence-electron chi connectivity index (χ2n) is 9.02. The van der Waals surface area contributed by atoms with E-state index in [1.54, 1.807) is 12.0 Å². The van der Waals surface area contributed by atoms with Crippen LogP contribution in [0.1, 0.15) is 24.8 Å². The number of hydrogen-bond donors (Lipinski definition) is 0. The molecule has 8 nitrogen and oxygen atoms in total. The summed E-state index contributed by atoms with van der Waals surface area (Å²) in [5, 5.41) is 1.36. The highest BCUT2D eigenvalue weighted by molar-refractivity contribution is 5.88. The van der Waals surface area contributed by atoms with Crippen molar-refractivity contribution in [2.24, 2.45) is 5.92 Å². The molecule has 0 saturated carbocycles. The lowest BCUT2D eigenvalue weighted by atomic mass is 9.77. The van der Waals surface area contributed by atoms with Gasteiger partial charge in [-0.3, -0.25) is 19.2 Å². The van der Waals surface area contributed by atoms with Crippen LogP contribution in [0.4, 0.5) is 0 Å². The molecule has 2 aromatic carbocycles. The first kappa shape index (κ1) is 24.9. The maximum absolute atomic E-state index is 13.1. The number of hydrogen-bond acceptors (Lipinski definition) is 6. The van der Waals surface area contributed by atoms with Crippen molar-refractivity contribution in [1.82, 2.24) is 9.96 Å². The number of piperidine rings is 1. The van der Waals surface area contributed by atoms with Crippen LogP contribution in [0.2, 0.25) is 0 Å². The van der Waals surface area contributed by atoms with Crippen LogP contribution in [0, 0.1) is 5.92 Å². The lowest BCUT2D eigenvalue weighted by Crippen LogP contribution is -2.58. The molecule has 2 saturated heterocycles. The first-order valence-electron chi connectivity index (χ1n) is 11.9. The van der Waals surface area contributed by atoms with E-state index in [1.807, 2.05) is 42.5 Å². The Bertz CT molecular complexity index is 1030. The molecule has 2 fully saturated rings. The molecule has 2 aliphatic rings. The van der Waals surface area contributed by atoms with Crippen LogP contribution in [-0.4, -0.2) is 73.8 Å². The van der Waals surface area contributed by atoms with Gasteiger partial charge >= 0.3 is 5.97 Å². The van der Waals surface area contributed by atoms with Crippen LogP contribution in [0.3, 0.4) is 0 Å². The van der Waals surface area contributed by atoms with Crippen LogP contribution in [0.5, 0.6) is 0 Å². The van der Waals surface area contributed by atoms with E-state index < -0.39 is 17.4 Å². The fourth-order valence-electron chi connectivity index (χ4n) is 5.12. The zero-order chi connectivity index (χ0) is 24.8.